The van der Waals surface area contributed by atoms with E-state index in [9.17, 15) is 4.79 Å². The summed E-state index contributed by atoms with van der Waals surface area (Å²) in [5.41, 5.74) is -0.402. The number of piperidine rings is 1. The number of ether oxygens (including phenoxy) is 1. The molecule has 0 spiro atoms. The first kappa shape index (κ1) is 17.3. The van der Waals surface area contributed by atoms with E-state index >= 15 is 0 Å². The van der Waals surface area contributed by atoms with Crippen LogP contribution in [-0.2, 0) is 4.74 Å². The van der Waals surface area contributed by atoms with Gasteiger partial charge in [-0.25, -0.2) is 4.79 Å². The van der Waals surface area contributed by atoms with Crippen LogP contribution in [0, 0.1) is 0 Å². The summed E-state index contributed by atoms with van der Waals surface area (Å²) in [6.07, 6.45) is 5.53. The third kappa shape index (κ3) is 6.12. The monoisotopic (exact) mass is 284 g/mol. The van der Waals surface area contributed by atoms with Gasteiger partial charge in [0.2, 0.25) is 0 Å². The summed E-state index contributed by atoms with van der Waals surface area (Å²) in [4.78, 5) is 13.8. The minimum atomic E-state index is -0.402. The molecule has 1 amide bonds. The SMILES string of the molecule is CCCC(CC)NC1CCN(C(=O)OC(C)(C)C)CC1. The minimum Gasteiger partial charge on any atom is -0.444 e. The maximum atomic E-state index is 12.0. The Morgan fingerprint density at radius 1 is 1.30 bits per heavy atom. The molecule has 1 unspecified atom stereocenters. The summed E-state index contributed by atoms with van der Waals surface area (Å²) in [6, 6.07) is 1.17. The first-order valence-electron chi connectivity index (χ1n) is 8.09. The van der Waals surface area contributed by atoms with Crippen molar-refractivity contribution >= 4 is 6.09 Å². The lowest BCUT2D eigenvalue weighted by molar-refractivity contribution is 0.0195. The molecule has 0 aromatic heterocycles. The average Bonchev–Trinajstić information content (AvgIpc) is 2.37. The molecular formula is C16H32N2O2. The second-order valence-corrected chi connectivity index (χ2v) is 6.80. The third-order valence-corrected chi connectivity index (χ3v) is 3.75. The van der Waals surface area contributed by atoms with Gasteiger partial charge in [0, 0.05) is 25.2 Å². The van der Waals surface area contributed by atoms with Crippen LogP contribution in [0.5, 0.6) is 0 Å². The topological polar surface area (TPSA) is 41.6 Å². The zero-order chi connectivity index (χ0) is 15.2. The van der Waals surface area contributed by atoms with Crippen molar-refractivity contribution in [2.45, 2.75) is 84.4 Å². The average molecular weight is 284 g/mol. The molecule has 1 saturated heterocycles. The zero-order valence-corrected chi connectivity index (χ0v) is 13.9. The number of nitrogens with zero attached hydrogens (tertiary/aromatic N) is 1. The van der Waals surface area contributed by atoms with Crippen molar-refractivity contribution in [2.75, 3.05) is 13.1 Å². The van der Waals surface area contributed by atoms with Crippen molar-refractivity contribution in [3.63, 3.8) is 0 Å². The van der Waals surface area contributed by atoms with E-state index in [1.54, 1.807) is 0 Å². The highest BCUT2D eigenvalue weighted by atomic mass is 16.6. The zero-order valence-electron chi connectivity index (χ0n) is 13.9. The first-order chi connectivity index (χ1) is 9.35. The van der Waals surface area contributed by atoms with Gasteiger partial charge in [0.1, 0.15) is 5.60 Å². The largest absolute Gasteiger partial charge is 0.444 e. The molecule has 1 N–H and O–H groups in total. The molecule has 1 rings (SSSR count). The van der Waals surface area contributed by atoms with E-state index in [4.69, 9.17) is 4.74 Å². The van der Waals surface area contributed by atoms with Gasteiger partial charge in [-0.2, -0.15) is 0 Å². The molecule has 1 fully saturated rings. The number of rotatable bonds is 5. The van der Waals surface area contributed by atoms with Crippen LogP contribution in [0.4, 0.5) is 4.79 Å². The summed E-state index contributed by atoms with van der Waals surface area (Å²) >= 11 is 0. The summed E-state index contributed by atoms with van der Waals surface area (Å²) in [5, 5.41) is 3.74. The predicted molar refractivity (Wildman–Crippen MR) is 83.0 cm³/mol. The molecular weight excluding hydrogens is 252 g/mol. The Morgan fingerprint density at radius 2 is 1.90 bits per heavy atom. The summed E-state index contributed by atoms with van der Waals surface area (Å²) in [5.74, 6) is 0. The van der Waals surface area contributed by atoms with E-state index in [1.807, 2.05) is 25.7 Å². The van der Waals surface area contributed by atoms with Gasteiger partial charge in [-0.3, -0.25) is 0 Å². The number of amides is 1. The molecule has 0 bridgehead atoms. The second kappa shape index (κ2) is 7.87. The van der Waals surface area contributed by atoms with E-state index in [-0.39, 0.29) is 6.09 Å². The summed E-state index contributed by atoms with van der Waals surface area (Å²) < 4.78 is 5.42. The van der Waals surface area contributed by atoms with Crippen LogP contribution in [-0.4, -0.2) is 41.8 Å². The number of hydrogen-bond donors (Lipinski definition) is 1. The molecule has 20 heavy (non-hydrogen) atoms. The summed E-state index contributed by atoms with van der Waals surface area (Å²) in [7, 11) is 0. The Balaban J connectivity index is 2.34. The molecule has 0 aromatic carbocycles. The van der Waals surface area contributed by atoms with Gasteiger partial charge in [0.25, 0.3) is 0 Å². The molecule has 118 valence electrons. The molecule has 4 heteroatoms. The van der Waals surface area contributed by atoms with Gasteiger partial charge < -0.3 is 15.0 Å². The van der Waals surface area contributed by atoms with Crippen LogP contribution in [0.25, 0.3) is 0 Å². The smallest absolute Gasteiger partial charge is 0.410 e. The van der Waals surface area contributed by atoms with Crippen LogP contribution < -0.4 is 5.32 Å². The van der Waals surface area contributed by atoms with Crippen LogP contribution in [0.2, 0.25) is 0 Å². The normalized spacial score (nSPS) is 18.9. The number of likely N-dealkylation sites (tertiary alicyclic amines) is 1. The van der Waals surface area contributed by atoms with E-state index in [1.165, 1.54) is 19.3 Å². The lowest BCUT2D eigenvalue weighted by atomic mass is 10.0. The van der Waals surface area contributed by atoms with Crippen LogP contribution in [0.1, 0.15) is 66.7 Å². The highest BCUT2D eigenvalue weighted by molar-refractivity contribution is 5.68. The summed E-state index contributed by atoms with van der Waals surface area (Å²) in [6.45, 7) is 11.8. The van der Waals surface area contributed by atoms with Crippen molar-refractivity contribution in [3.05, 3.63) is 0 Å². The Labute approximate surface area is 124 Å². The number of hydrogen-bond acceptors (Lipinski definition) is 3. The lowest BCUT2D eigenvalue weighted by Crippen LogP contribution is -2.48. The van der Waals surface area contributed by atoms with Gasteiger partial charge in [-0.1, -0.05) is 20.3 Å². The second-order valence-electron chi connectivity index (χ2n) is 6.80. The predicted octanol–water partition coefficient (Wildman–Crippen LogP) is 3.55. The molecule has 1 aliphatic heterocycles. The Hall–Kier alpha value is -0.770. The fourth-order valence-electron chi connectivity index (χ4n) is 2.64. The highest BCUT2D eigenvalue weighted by Crippen LogP contribution is 2.16. The molecule has 4 nitrogen and oxygen atoms in total. The molecule has 0 aromatic rings. The minimum absolute atomic E-state index is 0.170. The maximum absolute atomic E-state index is 12.0. The van der Waals surface area contributed by atoms with Crippen molar-refractivity contribution in [1.82, 2.24) is 10.2 Å². The first-order valence-corrected chi connectivity index (χ1v) is 8.09. The number of carbonyl (C=O) groups excluding carboxylic acids is 1. The van der Waals surface area contributed by atoms with Gasteiger partial charge in [0.05, 0.1) is 0 Å². The number of nitrogens with one attached hydrogen (secondary N) is 1. The molecule has 0 saturated carbocycles. The van der Waals surface area contributed by atoms with E-state index in [0.29, 0.717) is 12.1 Å². The van der Waals surface area contributed by atoms with Crippen LogP contribution in [0.3, 0.4) is 0 Å². The molecule has 1 heterocycles. The van der Waals surface area contributed by atoms with Crippen molar-refractivity contribution < 1.29 is 9.53 Å². The molecule has 1 aliphatic rings. The quantitative estimate of drug-likeness (QED) is 0.839. The van der Waals surface area contributed by atoms with Crippen LogP contribution >= 0.6 is 0 Å². The van der Waals surface area contributed by atoms with Crippen molar-refractivity contribution in [3.8, 4) is 0 Å². The highest BCUT2D eigenvalue weighted by Gasteiger charge is 2.27. The van der Waals surface area contributed by atoms with E-state index < -0.39 is 5.60 Å². The van der Waals surface area contributed by atoms with Crippen LogP contribution in [0.15, 0.2) is 0 Å². The third-order valence-electron chi connectivity index (χ3n) is 3.75. The fourth-order valence-corrected chi connectivity index (χ4v) is 2.64. The lowest BCUT2D eigenvalue weighted by Gasteiger charge is -2.35. The Morgan fingerprint density at radius 3 is 2.35 bits per heavy atom. The Bertz CT molecular complexity index is 291. The van der Waals surface area contributed by atoms with Gasteiger partial charge >= 0.3 is 6.09 Å². The Kier molecular flexibility index (Phi) is 6.80. The maximum Gasteiger partial charge on any atom is 0.410 e. The molecule has 0 radical (unpaired) electrons. The van der Waals surface area contributed by atoms with Gasteiger partial charge in [-0.05, 0) is 46.5 Å². The number of carbonyl (C=O) groups is 1. The molecule has 0 aliphatic carbocycles. The van der Waals surface area contributed by atoms with Crippen molar-refractivity contribution in [1.29, 1.82) is 0 Å². The fraction of sp³-hybridized carbons (Fsp3) is 0.938. The van der Waals surface area contributed by atoms with Crippen molar-refractivity contribution in [2.24, 2.45) is 0 Å². The van der Waals surface area contributed by atoms with Gasteiger partial charge in [-0.15, -0.1) is 0 Å². The molecule has 1 atom stereocenters. The van der Waals surface area contributed by atoms with E-state index in [0.717, 1.165) is 25.9 Å². The standard InChI is InChI=1S/C16H32N2O2/c1-6-8-13(7-2)17-14-9-11-18(12-10-14)15(19)20-16(3,4)5/h13-14,17H,6-12H2,1-5H3. The van der Waals surface area contributed by atoms with Gasteiger partial charge in [0.15, 0.2) is 0 Å². The van der Waals surface area contributed by atoms with E-state index in [2.05, 4.69) is 19.2 Å².